The van der Waals surface area contributed by atoms with Gasteiger partial charge in [0.25, 0.3) is 0 Å². The number of ether oxygens (including phenoxy) is 1. The van der Waals surface area contributed by atoms with Gasteiger partial charge in [-0.25, -0.2) is 0 Å². The van der Waals surface area contributed by atoms with Crippen molar-refractivity contribution >= 4 is 12.1 Å². The van der Waals surface area contributed by atoms with Gasteiger partial charge < -0.3 is 4.74 Å². The molecule has 0 saturated carbocycles. The summed E-state index contributed by atoms with van der Waals surface area (Å²) in [6, 6.07) is 6.70. The van der Waals surface area contributed by atoms with Crippen LogP contribution in [0.5, 0.6) is 5.75 Å². The third-order valence-corrected chi connectivity index (χ3v) is 3.01. The molecule has 0 spiro atoms. The van der Waals surface area contributed by atoms with Crippen LogP contribution in [-0.2, 0) is 4.79 Å². The van der Waals surface area contributed by atoms with Crippen LogP contribution in [0.15, 0.2) is 24.3 Å². The molecule has 0 N–H and O–H groups in total. The molecule has 0 bridgehead atoms. The third-order valence-electron chi connectivity index (χ3n) is 3.01. The Labute approximate surface area is 115 Å². The summed E-state index contributed by atoms with van der Waals surface area (Å²) in [6.45, 7) is 2.91. The zero-order valence-electron chi connectivity index (χ0n) is 11.6. The molecule has 0 aliphatic carbocycles. The van der Waals surface area contributed by atoms with Gasteiger partial charge in [-0.15, -0.1) is 0 Å². The Morgan fingerprint density at radius 2 is 1.68 bits per heavy atom. The molecule has 3 heteroatoms. The number of carbonyl (C=O) groups excluding carboxylic acids is 2. The number of ketones is 1. The lowest BCUT2D eigenvalue weighted by Crippen LogP contribution is -2.01. The van der Waals surface area contributed by atoms with Crippen LogP contribution in [0, 0.1) is 0 Å². The highest BCUT2D eigenvalue weighted by atomic mass is 16.5. The quantitative estimate of drug-likeness (QED) is 0.279. The molecule has 19 heavy (non-hydrogen) atoms. The predicted octanol–water partition coefficient (Wildman–Crippen LogP) is 3.81. The first kappa shape index (κ1) is 15.4. The minimum atomic E-state index is -0.498. The Morgan fingerprint density at radius 1 is 1.05 bits per heavy atom. The largest absolute Gasteiger partial charge is 0.494 e. The molecule has 3 nitrogen and oxygen atoms in total. The predicted molar refractivity (Wildman–Crippen MR) is 75.7 cm³/mol. The zero-order chi connectivity index (χ0) is 13.9. The van der Waals surface area contributed by atoms with Crippen LogP contribution < -0.4 is 4.74 Å². The van der Waals surface area contributed by atoms with Crippen molar-refractivity contribution in [2.75, 3.05) is 6.61 Å². The molecule has 0 heterocycles. The van der Waals surface area contributed by atoms with E-state index in [-0.39, 0.29) is 0 Å². The second-order valence-corrected chi connectivity index (χ2v) is 4.62. The molecule has 0 atom stereocenters. The van der Waals surface area contributed by atoms with Gasteiger partial charge in [0.15, 0.2) is 6.29 Å². The molecule has 0 amide bonds. The van der Waals surface area contributed by atoms with E-state index in [4.69, 9.17) is 4.74 Å². The van der Waals surface area contributed by atoms with Crippen LogP contribution in [0.25, 0.3) is 0 Å². The first-order chi connectivity index (χ1) is 9.27. The van der Waals surface area contributed by atoms with Crippen LogP contribution >= 0.6 is 0 Å². The van der Waals surface area contributed by atoms with E-state index in [1.54, 1.807) is 24.3 Å². The highest BCUT2D eigenvalue weighted by Gasteiger charge is 2.03. The van der Waals surface area contributed by atoms with Crippen LogP contribution in [0.1, 0.15) is 55.8 Å². The van der Waals surface area contributed by atoms with Crippen molar-refractivity contribution in [2.24, 2.45) is 0 Å². The van der Waals surface area contributed by atoms with Gasteiger partial charge in [0.05, 0.1) is 6.61 Å². The summed E-state index contributed by atoms with van der Waals surface area (Å²) < 4.78 is 5.58. The van der Waals surface area contributed by atoms with E-state index in [0.29, 0.717) is 18.5 Å². The van der Waals surface area contributed by atoms with Crippen molar-refractivity contribution in [2.45, 2.75) is 45.4 Å². The number of Topliss-reactive ketones (excluding diaryl/α,β-unsaturated/α-hetero) is 1. The molecule has 0 radical (unpaired) electrons. The van der Waals surface area contributed by atoms with Crippen LogP contribution in [0.3, 0.4) is 0 Å². The molecule has 0 saturated heterocycles. The number of hydrogen-bond donors (Lipinski definition) is 0. The van der Waals surface area contributed by atoms with Gasteiger partial charge in [0, 0.05) is 5.56 Å². The van der Waals surface area contributed by atoms with Crippen molar-refractivity contribution in [3.05, 3.63) is 29.8 Å². The minimum absolute atomic E-state index is 0.326. The number of hydrogen-bond acceptors (Lipinski definition) is 3. The maximum Gasteiger partial charge on any atom is 0.225 e. The second kappa shape index (κ2) is 9.31. The SMILES string of the molecule is CCCCCCCCOc1ccc(C(=O)C=O)cc1. The second-order valence-electron chi connectivity index (χ2n) is 4.62. The summed E-state index contributed by atoms with van der Waals surface area (Å²) >= 11 is 0. The lowest BCUT2D eigenvalue weighted by Gasteiger charge is -2.06. The van der Waals surface area contributed by atoms with Crippen LogP contribution in [0.4, 0.5) is 0 Å². The van der Waals surface area contributed by atoms with Crippen LogP contribution in [-0.4, -0.2) is 18.7 Å². The van der Waals surface area contributed by atoms with Crippen molar-refractivity contribution in [3.8, 4) is 5.75 Å². The van der Waals surface area contributed by atoms with Gasteiger partial charge in [-0.05, 0) is 30.7 Å². The summed E-state index contributed by atoms with van der Waals surface area (Å²) in [5.74, 6) is 0.249. The van der Waals surface area contributed by atoms with Gasteiger partial charge in [-0.1, -0.05) is 39.0 Å². The average Bonchev–Trinajstić information content (AvgIpc) is 2.46. The molecular formula is C16H22O3. The van der Waals surface area contributed by atoms with Gasteiger partial charge in [-0.3, -0.25) is 9.59 Å². The van der Waals surface area contributed by atoms with E-state index in [1.165, 1.54) is 32.1 Å². The Morgan fingerprint density at radius 3 is 2.32 bits per heavy atom. The normalized spacial score (nSPS) is 10.2. The number of benzene rings is 1. The molecule has 1 aromatic rings. The Bertz CT molecular complexity index is 381. The van der Waals surface area contributed by atoms with E-state index in [9.17, 15) is 9.59 Å². The summed E-state index contributed by atoms with van der Waals surface area (Å²) in [5.41, 5.74) is 0.405. The van der Waals surface area contributed by atoms with Crippen molar-refractivity contribution < 1.29 is 14.3 Å². The molecule has 0 aliphatic rings. The van der Waals surface area contributed by atoms with Gasteiger partial charge in [0.2, 0.25) is 5.78 Å². The fourth-order valence-electron chi connectivity index (χ4n) is 1.86. The maximum absolute atomic E-state index is 11.1. The van der Waals surface area contributed by atoms with E-state index < -0.39 is 5.78 Å². The maximum atomic E-state index is 11.1. The van der Waals surface area contributed by atoms with E-state index in [0.717, 1.165) is 12.2 Å². The summed E-state index contributed by atoms with van der Waals surface area (Å²) in [6.07, 6.45) is 7.73. The molecule has 0 unspecified atom stereocenters. The van der Waals surface area contributed by atoms with Gasteiger partial charge in [0.1, 0.15) is 5.75 Å². The fraction of sp³-hybridized carbons (Fsp3) is 0.500. The molecule has 1 aromatic carbocycles. The third kappa shape index (κ3) is 6.18. The van der Waals surface area contributed by atoms with Crippen molar-refractivity contribution in [1.29, 1.82) is 0 Å². The smallest absolute Gasteiger partial charge is 0.225 e. The molecule has 0 aromatic heterocycles. The van der Waals surface area contributed by atoms with Crippen molar-refractivity contribution in [1.82, 2.24) is 0 Å². The highest BCUT2D eigenvalue weighted by Crippen LogP contribution is 2.13. The summed E-state index contributed by atoms with van der Waals surface area (Å²) in [4.78, 5) is 21.4. The summed E-state index contributed by atoms with van der Waals surface area (Å²) in [7, 11) is 0. The highest BCUT2D eigenvalue weighted by molar-refractivity contribution is 6.33. The monoisotopic (exact) mass is 262 g/mol. The topological polar surface area (TPSA) is 43.4 Å². The molecule has 104 valence electrons. The van der Waals surface area contributed by atoms with Crippen molar-refractivity contribution in [3.63, 3.8) is 0 Å². The first-order valence-corrected chi connectivity index (χ1v) is 7.00. The van der Waals surface area contributed by atoms with Crippen LogP contribution in [0.2, 0.25) is 0 Å². The molecule has 1 rings (SSSR count). The van der Waals surface area contributed by atoms with E-state index >= 15 is 0 Å². The fourth-order valence-corrected chi connectivity index (χ4v) is 1.86. The zero-order valence-corrected chi connectivity index (χ0v) is 11.6. The summed E-state index contributed by atoms with van der Waals surface area (Å²) in [5, 5.41) is 0. The Kier molecular flexibility index (Phi) is 7.56. The Hall–Kier alpha value is -1.64. The van der Waals surface area contributed by atoms with E-state index in [2.05, 4.69) is 6.92 Å². The number of aldehydes is 1. The average molecular weight is 262 g/mol. The molecule has 0 aliphatic heterocycles. The molecule has 0 fully saturated rings. The first-order valence-electron chi connectivity index (χ1n) is 7.00. The van der Waals surface area contributed by atoms with E-state index in [1.807, 2.05) is 0 Å². The standard InChI is InChI=1S/C16H22O3/c1-2-3-4-5-6-7-12-19-15-10-8-14(9-11-15)16(18)13-17/h8-11,13H,2-7,12H2,1H3. The number of unbranched alkanes of at least 4 members (excludes halogenated alkanes) is 5. The van der Waals surface area contributed by atoms with Gasteiger partial charge in [-0.2, -0.15) is 0 Å². The number of carbonyl (C=O) groups is 2. The lowest BCUT2D eigenvalue weighted by molar-refractivity contribution is -0.104. The van der Waals surface area contributed by atoms with Gasteiger partial charge >= 0.3 is 0 Å². The number of rotatable bonds is 10. The lowest BCUT2D eigenvalue weighted by atomic mass is 10.1. The molecular weight excluding hydrogens is 240 g/mol. The Balaban J connectivity index is 2.19. The minimum Gasteiger partial charge on any atom is -0.494 e.